The maximum absolute atomic E-state index is 10.1. The van der Waals surface area contributed by atoms with Crippen LogP contribution in [-0.4, -0.2) is 34.6 Å². The minimum Gasteiger partial charge on any atom is -0.390 e. The zero-order valence-corrected chi connectivity index (χ0v) is 11.9. The van der Waals surface area contributed by atoms with Crippen molar-refractivity contribution in [3.63, 3.8) is 0 Å². The van der Waals surface area contributed by atoms with Crippen LogP contribution in [0.4, 0.5) is 5.82 Å². The number of rotatable bonds is 2. The number of nitrogens with two attached hydrogens (primary N) is 1. The number of fused-ring (bicyclic) bond motifs is 1. The third kappa shape index (κ3) is 2.38. The summed E-state index contributed by atoms with van der Waals surface area (Å²) in [6.07, 6.45) is 4.65. The van der Waals surface area contributed by atoms with Gasteiger partial charge >= 0.3 is 0 Å². The second-order valence-electron chi connectivity index (χ2n) is 6.22. The fraction of sp³-hybridized carbons (Fsp3) is 0.600. The Kier molecular flexibility index (Phi) is 3.17. The summed E-state index contributed by atoms with van der Waals surface area (Å²) in [5.41, 5.74) is 8.29. The van der Waals surface area contributed by atoms with Crippen molar-refractivity contribution in [2.75, 3.05) is 18.0 Å². The molecule has 5 heteroatoms. The Morgan fingerprint density at radius 3 is 2.75 bits per heavy atom. The first-order chi connectivity index (χ1) is 9.46. The van der Waals surface area contributed by atoms with Crippen molar-refractivity contribution in [2.45, 2.75) is 44.6 Å². The average Bonchev–Trinajstić information content (AvgIpc) is 2.84. The van der Waals surface area contributed by atoms with E-state index in [9.17, 15) is 5.11 Å². The molecule has 0 amide bonds. The number of aryl methyl sites for hydroxylation is 2. The van der Waals surface area contributed by atoms with Crippen molar-refractivity contribution in [2.24, 2.45) is 5.73 Å². The molecule has 1 aromatic heterocycles. The Balaban J connectivity index is 1.94. The van der Waals surface area contributed by atoms with Crippen LogP contribution < -0.4 is 10.6 Å². The number of nitrogens with one attached hydrogen (secondary N) is 1. The zero-order chi connectivity index (χ0) is 14.3. The Labute approximate surface area is 119 Å². The summed E-state index contributed by atoms with van der Waals surface area (Å²) < 4.78 is 0. The van der Waals surface area contributed by atoms with Gasteiger partial charge in [0, 0.05) is 18.8 Å². The summed E-state index contributed by atoms with van der Waals surface area (Å²) in [6, 6.07) is 2.04. The molecule has 1 aliphatic heterocycles. The van der Waals surface area contributed by atoms with Crippen molar-refractivity contribution in [3.8, 4) is 0 Å². The molecule has 0 spiro atoms. The fourth-order valence-electron chi connectivity index (χ4n) is 3.10. The molecule has 0 unspecified atom stereocenters. The molecule has 2 aliphatic rings. The van der Waals surface area contributed by atoms with Gasteiger partial charge in [-0.1, -0.05) is 0 Å². The highest BCUT2D eigenvalue weighted by atomic mass is 16.3. The molecule has 1 aliphatic carbocycles. The number of nitrogens with zero attached hydrogens (tertiary/aromatic N) is 2. The van der Waals surface area contributed by atoms with E-state index in [0.717, 1.165) is 62.3 Å². The molecule has 0 radical (unpaired) electrons. The first-order valence-electron chi connectivity index (χ1n) is 7.31. The van der Waals surface area contributed by atoms with E-state index in [1.165, 1.54) is 5.56 Å². The van der Waals surface area contributed by atoms with Crippen LogP contribution in [0, 0.1) is 5.41 Å². The van der Waals surface area contributed by atoms with Crippen molar-refractivity contribution < 1.29 is 5.11 Å². The molecule has 0 bridgehead atoms. The molecule has 1 aromatic rings. The predicted molar refractivity (Wildman–Crippen MR) is 79.3 cm³/mol. The van der Waals surface area contributed by atoms with E-state index < -0.39 is 5.60 Å². The number of aromatic nitrogens is 1. The van der Waals surface area contributed by atoms with Crippen LogP contribution >= 0.6 is 0 Å². The van der Waals surface area contributed by atoms with Gasteiger partial charge in [-0.05, 0) is 50.7 Å². The molecule has 20 heavy (non-hydrogen) atoms. The minimum atomic E-state index is -0.580. The molecule has 0 aromatic carbocycles. The van der Waals surface area contributed by atoms with Gasteiger partial charge in [0.25, 0.3) is 0 Å². The summed E-state index contributed by atoms with van der Waals surface area (Å²) in [7, 11) is 0. The van der Waals surface area contributed by atoms with E-state index in [0.29, 0.717) is 0 Å². The van der Waals surface area contributed by atoms with Crippen LogP contribution in [0.1, 0.15) is 43.0 Å². The largest absolute Gasteiger partial charge is 0.390 e. The van der Waals surface area contributed by atoms with E-state index in [1.807, 2.05) is 13.0 Å². The Bertz CT molecular complexity index is 543. The third-order valence-electron chi connectivity index (χ3n) is 4.46. The number of hydrogen-bond donors (Lipinski definition) is 3. The summed E-state index contributed by atoms with van der Waals surface area (Å²) in [5.74, 6) is 0.910. The van der Waals surface area contributed by atoms with E-state index >= 15 is 0 Å². The lowest BCUT2D eigenvalue weighted by atomic mass is 9.93. The molecule has 1 fully saturated rings. The average molecular weight is 274 g/mol. The van der Waals surface area contributed by atoms with Crippen molar-refractivity contribution in [1.82, 2.24) is 4.98 Å². The van der Waals surface area contributed by atoms with Gasteiger partial charge in [-0.25, -0.2) is 4.98 Å². The SMILES string of the molecule is CC1(O)CCN(c2nc3c(cc2C(=N)N)CCC3)CC1. The maximum atomic E-state index is 10.1. The van der Waals surface area contributed by atoms with E-state index in [-0.39, 0.29) is 5.84 Å². The van der Waals surface area contributed by atoms with Gasteiger partial charge in [-0.3, -0.25) is 5.41 Å². The molecular formula is C15H22N4O. The van der Waals surface area contributed by atoms with Gasteiger partial charge in [0.1, 0.15) is 11.7 Å². The Morgan fingerprint density at radius 2 is 2.10 bits per heavy atom. The second-order valence-corrected chi connectivity index (χ2v) is 6.22. The molecule has 108 valence electrons. The smallest absolute Gasteiger partial charge is 0.139 e. The van der Waals surface area contributed by atoms with E-state index in [2.05, 4.69) is 4.90 Å². The standard InChI is InChI=1S/C15H22N4O/c1-15(20)5-7-19(8-6-15)14-11(13(16)17)9-10-3-2-4-12(10)18-14/h9,20H,2-8H2,1H3,(H3,16,17). The fourth-order valence-corrected chi connectivity index (χ4v) is 3.10. The molecule has 0 atom stereocenters. The van der Waals surface area contributed by atoms with Gasteiger partial charge in [0.2, 0.25) is 0 Å². The lowest BCUT2D eigenvalue weighted by molar-refractivity contribution is 0.0350. The van der Waals surface area contributed by atoms with E-state index in [4.69, 9.17) is 16.1 Å². The van der Waals surface area contributed by atoms with E-state index in [1.54, 1.807) is 0 Å². The number of piperidine rings is 1. The normalized spacial score (nSPS) is 20.8. The minimum absolute atomic E-state index is 0.0829. The monoisotopic (exact) mass is 274 g/mol. The summed E-state index contributed by atoms with van der Waals surface area (Å²) in [4.78, 5) is 6.93. The van der Waals surface area contributed by atoms with Crippen LogP contribution in [0.15, 0.2) is 6.07 Å². The second kappa shape index (κ2) is 4.74. The highest BCUT2D eigenvalue weighted by molar-refractivity contribution is 6.00. The number of hydrogen-bond acceptors (Lipinski definition) is 4. The Hall–Kier alpha value is -1.62. The first kappa shape index (κ1) is 13.4. The van der Waals surface area contributed by atoms with Crippen molar-refractivity contribution >= 4 is 11.7 Å². The van der Waals surface area contributed by atoms with Crippen LogP contribution in [0.5, 0.6) is 0 Å². The lowest BCUT2D eigenvalue weighted by Gasteiger charge is -2.37. The lowest BCUT2D eigenvalue weighted by Crippen LogP contribution is -2.43. The summed E-state index contributed by atoms with van der Waals surface area (Å²) in [6.45, 7) is 3.41. The summed E-state index contributed by atoms with van der Waals surface area (Å²) >= 11 is 0. The number of pyridine rings is 1. The van der Waals surface area contributed by atoms with Gasteiger partial charge < -0.3 is 15.7 Å². The predicted octanol–water partition coefficient (Wildman–Crippen LogP) is 1.21. The molecule has 3 rings (SSSR count). The molecule has 1 saturated heterocycles. The van der Waals surface area contributed by atoms with Gasteiger partial charge in [-0.15, -0.1) is 0 Å². The highest BCUT2D eigenvalue weighted by Crippen LogP contribution is 2.30. The van der Waals surface area contributed by atoms with Crippen LogP contribution in [0.2, 0.25) is 0 Å². The molecule has 4 N–H and O–H groups in total. The zero-order valence-electron chi connectivity index (χ0n) is 11.9. The van der Waals surface area contributed by atoms with Crippen LogP contribution in [0.25, 0.3) is 0 Å². The molecule has 2 heterocycles. The van der Waals surface area contributed by atoms with Crippen molar-refractivity contribution in [1.29, 1.82) is 5.41 Å². The van der Waals surface area contributed by atoms with Crippen molar-refractivity contribution in [3.05, 3.63) is 22.9 Å². The quantitative estimate of drug-likeness (QED) is 0.559. The first-order valence-corrected chi connectivity index (χ1v) is 7.31. The Morgan fingerprint density at radius 1 is 1.40 bits per heavy atom. The summed E-state index contributed by atoms with van der Waals surface area (Å²) in [5, 5.41) is 17.9. The number of anilines is 1. The number of aliphatic hydroxyl groups is 1. The maximum Gasteiger partial charge on any atom is 0.139 e. The topological polar surface area (TPSA) is 86.2 Å². The third-order valence-corrected chi connectivity index (χ3v) is 4.46. The van der Waals surface area contributed by atoms with Gasteiger partial charge in [0.15, 0.2) is 0 Å². The number of nitrogen functional groups attached to an aromatic ring is 1. The number of amidine groups is 1. The highest BCUT2D eigenvalue weighted by Gasteiger charge is 2.30. The van der Waals surface area contributed by atoms with Gasteiger partial charge in [-0.2, -0.15) is 0 Å². The van der Waals surface area contributed by atoms with Gasteiger partial charge in [0.05, 0.1) is 11.2 Å². The van der Waals surface area contributed by atoms with Crippen LogP contribution in [-0.2, 0) is 12.8 Å². The molecule has 5 nitrogen and oxygen atoms in total. The van der Waals surface area contributed by atoms with Crippen LogP contribution in [0.3, 0.4) is 0 Å². The molecular weight excluding hydrogens is 252 g/mol. The molecule has 0 saturated carbocycles.